The van der Waals surface area contributed by atoms with Crippen molar-refractivity contribution < 1.29 is 0 Å². The van der Waals surface area contributed by atoms with Crippen LogP contribution in [0.15, 0.2) is 4.79 Å². The van der Waals surface area contributed by atoms with E-state index in [1.54, 1.807) is 0 Å². The van der Waals surface area contributed by atoms with Gasteiger partial charge >= 0.3 is 0 Å². The maximum Gasteiger partial charge on any atom is 0.204 e. The van der Waals surface area contributed by atoms with Gasteiger partial charge in [0.1, 0.15) is 4.51 Å². The van der Waals surface area contributed by atoms with Crippen LogP contribution in [-0.4, -0.2) is 6.54 Å². The summed E-state index contributed by atoms with van der Waals surface area (Å²) in [5.41, 5.74) is 1.94. The highest BCUT2D eigenvalue weighted by molar-refractivity contribution is 7.71. The molecule has 0 saturated carbocycles. The first kappa shape index (κ1) is 11.4. The van der Waals surface area contributed by atoms with E-state index < -0.39 is 0 Å². The lowest BCUT2D eigenvalue weighted by Crippen LogP contribution is -2.21. The summed E-state index contributed by atoms with van der Waals surface area (Å²) in [6.45, 7) is 5.14. The van der Waals surface area contributed by atoms with E-state index in [1.165, 1.54) is 0 Å². The number of rotatable bonds is 6. The molecular formula is C11H17NOS. The van der Waals surface area contributed by atoms with Gasteiger partial charge in [0.05, 0.1) is 5.69 Å². The van der Waals surface area contributed by atoms with Crippen molar-refractivity contribution in [1.29, 1.82) is 0 Å². The molecule has 0 spiro atoms. The normalized spacial score (nSPS) is 10.7. The van der Waals surface area contributed by atoms with Gasteiger partial charge in [-0.25, -0.2) is 0 Å². The van der Waals surface area contributed by atoms with Gasteiger partial charge in [-0.3, -0.25) is 4.79 Å². The highest BCUT2D eigenvalue weighted by Crippen LogP contribution is 2.18. The molecule has 2 nitrogen and oxygen atoms in total. The minimum Gasteiger partial charge on any atom is -0.383 e. The smallest absolute Gasteiger partial charge is 0.204 e. The number of anilines is 1. The molecule has 1 rings (SSSR count). The largest absolute Gasteiger partial charge is 0.383 e. The second-order valence-corrected chi connectivity index (χ2v) is 3.95. The third-order valence-corrected chi connectivity index (χ3v) is 2.73. The molecule has 78 valence electrons. The van der Waals surface area contributed by atoms with Crippen molar-refractivity contribution in [2.75, 3.05) is 11.9 Å². The Morgan fingerprint density at radius 2 is 2.00 bits per heavy atom. The molecule has 1 N–H and O–H groups in total. The lowest BCUT2D eigenvalue weighted by molar-refractivity contribution is 0.826. The monoisotopic (exact) mass is 211 g/mol. The Kier molecular flexibility index (Phi) is 4.26. The molecule has 0 aliphatic carbocycles. The van der Waals surface area contributed by atoms with Crippen molar-refractivity contribution >= 4 is 17.9 Å². The van der Waals surface area contributed by atoms with Gasteiger partial charge in [0.25, 0.3) is 0 Å². The van der Waals surface area contributed by atoms with E-state index in [-0.39, 0.29) is 5.43 Å². The molecule has 0 radical (unpaired) electrons. The third kappa shape index (κ3) is 2.21. The van der Waals surface area contributed by atoms with Gasteiger partial charge in [0.15, 0.2) is 0 Å². The van der Waals surface area contributed by atoms with Crippen molar-refractivity contribution in [2.45, 2.75) is 39.5 Å². The van der Waals surface area contributed by atoms with Crippen molar-refractivity contribution in [3.05, 3.63) is 20.3 Å². The van der Waals surface area contributed by atoms with E-state index in [9.17, 15) is 4.79 Å². The highest BCUT2D eigenvalue weighted by atomic mass is 32.1. The quantitative estimate of drug-likeness (QED) is 0.579. The summed E-state index contributed by atoms with van der Waals surface area (Å²) < 4.78 is 0.504. The number of hydrogen-bond acceptors (Lipinski definition) is 3. The van der Waals surface area contributed by atoms with Crippen molar-refractivity contribution in [3.8, 4) is 0 Å². The van der Waals surface area contributed by atoms with Crippen LogP contribution in [0.4, 0.5) is 5.69 Å². The van der Waals surface area contributed by atoms with E-state index in [0.717, 1.165) is 43.5 Å². The standard InChI is InChI=1S/C11H17NOS/c1-3-5-7-12-9-8(6-4-2)10(13)11(9)14/h12H,3-7H2,1-2H3. The lowest BCUT2D eigenvalue weighted by atomic mass is 10.0. The van der Waals surface area contributed by atoms with E-state index in [4.69, 9.17) is 12.2 Å². The van der Waals surface area contributed by atoms with Crippen LogP contribution in [0.25, 0.3) is 0 Å². The summed E-state index contributed by atoms with van der Waals surface area (Å²) in [5, 5.41) is 3.25. The third-order valence-electron chi connectivity index (χ3n) is 2.34. The predicted molar refractivity (Wildman–Crippen MR) is 63.3 cm³/mol. The number of hydrogen-bond donors (Lipinski definition) is 1. The second-order valence-electron chi connectivity index (χ2n) is 3.54. The Bertz CT molecular complexity index is 363. The van der Waals surface area contributed by atoms with Crippen molar-refractivity contribution in [1.82, 2.24) is 0 Å². The Morgan fingerprint density at radius 1 is 1.29 bits per heavy atom. The fourth-order valence-corrected chi connectivity index (χ4v) is 1.82. The first-order valence-corrected chi connectivity index (χ1v) is 5.69. The van der Waals surface area contributed by atoms with Crippen LogP contribution in [-0.2, 0) is 6.42 Å². The molecule has 0 aliphatic rings. The summed E-state index contributed by atoms with van der Waals surface area (Å²) in [7, 11) is 0. The van der Waals surface area contributed by atoms with E-state index in [1.807, 2.05) is 0 Å². The minimum absolute atomic E-state index is 0.0841. The Balaban J connectivity index is 2.62. The molecule has 1 aromatic carbocycles. The van der Waals surface area contributed by atoms with Crippen LogP contribution < -0.4 is 10.7 Å². The second kappa shape index (κ2) is 5.25. The lowest BCUT2D eigenvalue weighted by Gasteiger charge is -2.13. The molecule has 0 heterocycles. The zero-order valence-corrected chi connectivity index (χ0v) is 9.67. The number of unbranched alkanes of at least 4 members (excludes halogenated alkanes) is 1. The summed E-state index contributed by atoms with van der Waals surface area (Å²) in [6, 6.07) is 0. The maximum absolute atomic E-state index is 11.4. The zero-order valence-electron chi connectivity index (χ0n) is 8.85. The molecule has 3 heteroatoms. The van der Waals surface area contributed by atoms with Crippen LogP contribution in [0.5, 0.6) is 0 Å². The molecule has 0 amide bonds. The molecule has 0 fully saturated rings. The van der Waals surface area contributed by atoms with Gasteiger partial charge in [-0.05, 0) is 12.8 Å². The highest BCUT2D eigenvalue weighted by Gasteiger charge is 2.15. The zero-order chi connectivity index (χ0) is 10.6. The minimum atomic E-state index is 0.0841. The first-order valence-electron chi connectivity index (χ1n) is 5.28. The topological polar surface area (TPSA) is 29.1 Å². The molecule has 0 aromatic heterocycles. The summed E-state index contributed by atoms with van der Waals surface area (Å²) in [6.07, 6.45) is 4.14. The predicted octanol–water partition coefficient (Wildman–Crippen LogP) is 2.82. The van der Waals surface area contributed by atoms with Crippen LogP contribution in [0.1, 0.15) is 38.7 Å². The van der Waals surface area contributed by atoms with E-state index in [0.29, 0.717) is 4.51 Å². The van der Waals surface area contributed by atoms with Gasteiger partial charge in [-0.15, -0.1) is 0 Å². The van der Waals surface area contributed by atoms with Gasteiger partial charge in [-0.1, -0.05) is 38.9 Å². The SMILES string of the molecule is CCCCNc1c(CCC)c(=O)c1=S. The molecule has 0 saturated heterocycles. The fraction of sp³-hybridized carbons (Fsp3) is 0.636. The molecule has 0 unspecified atom stereocenters. The Morgan fingerprint density at radius 3 is 2.57 bits per heavy atom. The molecule has 0 atom stereocenters. The Labute approximate surface area is 90.0 Å². The molecule has 1 aromatic rings. The first-order chi connectivity index (χ1) is 6.72. The maximum atomic E-state index is 11.4. The van der Waals surface area contributed by atoms with Gasteiger partial charge in [0.2, 0.25) is 5.43 Å². The average molecular weight is 211 g/mol. The van der Waals surface area contributed by atoms with E-state index >= 15 is 0 Å². The van der Waals surface area contributed by atoms with Crippen LogP contribution in [0, 0.1) is 4.51 Å². The summed E-state index contributed by atoms with van der Waals surface area (Å²) in [4.78, 5) is 11.4. The molecular weight excluding hydrogens is 194 g/mol. The summed E-state index contributed by atoms with van der Waals surface area (Å²) >= 11 is 5.00. The molecule has 0 bridgehead atoms. The fourth-order valence-electron chi connectivity index (χ4n) is 1.50. The summed E-state index contributed by atoms with van der Waals surface area (Å²) in [5.74, 6) is 0. The van der Waals surface area contributed by atoms with Gasteiger partial charge in [0, 0.05) is 12.1 Å². The average Bonchev–Trinajstić information content (AvgIpc) is 2.21. The van der Waals surface area contributed by atoms with E-state index in [2.05, 4.69) is 19.2 Å². The van der Waals surface area contributed by atoms with Crippen molar-refractivity contribution in [3.63, 3.8) is 0 Å². The van der Waals surface area contributed by atoms with Crippen molar-refractivity contribution in [2.24, 2.45) is 0 Å². The molecule has 14 heavy (non-hydrogen) atoms. The van der Waals surface area contributed by atoms with Crippen LogP contribution in [0.2, 0.25) is 0 Å². The number of nitrogens with one attached hydrogen (secondary N) is 1. The Hall–Kier alpha value is -0.700. The van der Waals surface area contributed by atoms with Crippen LogP contribution in [0.3, 0.4) is 0 Å². The van der Waals surface area contributed by atoms with Gasteiger partial charge in [-0.2, -0.15) is 0 Å². The van der Waals surface area contributed by atoms with Crippen LogP contribution >= 0.6 is 12.2 Å². The molecule has 0 aliphatic heterocycles. The van der Waals surface area contributed by atoms with Gasteiger partial charge < -0.3 is 5.32 Å².